The highest BCUT2D eigenvalue weighted by Gasteiger charge is 2.38. The molecule has 1 atom stereocenters. The smallest absolute Gasteiger partial charge is 0.281 e. The number of likely N-dealkylation sites (tertiary alicyclic amines) is 1. The van der Waals surface area contributed by atoms with Crippen LogP contribution in [0.1, 0.15) is 38.5 Å². The normalized spacial score (nSPS) is 25.1. The van der Waals surface area contributed by atoms with Gasteiger partial charge in [-0.05, 0) is 38.5 Å². The Bertz CT molecular complexity index is 632. The van der Waals surface area contributed by atoms with Gasteiger partial charge < -0.3 is 9.64 Å². The number of nitrogens with zero attached hydrogens (tertiary/aromatic N) is 4. The van der Waals surface area contributed by atoms with E-state index in [2.05, 4.69) is 9.80 Å². The Morgan fingerprint density at radius 2 is 1.68 bits per heavy atom. The Hall–Kier alpha value is -0.740. The molecule has 1 unspecified atom stereocenters. The zero-order valence-corrected chi connectivity index (χ0v) is 18.4. The minimum Gasteiger partial charge on any atom is -0.381 e. The van der Waals surface area contributed by atoms with Crippen molar-refractivity contribution in [1.82, 2.24) is 18.4 Å². The maximum atomic E-state index is 12.6. The molecule has 2 saturated heterocycles. The first-order chi connectivity index (χ1) is 13.3. The van der Waals surface area contributed by atoms with Crippen molar-refractivity contribution in [2.24, 2.45) is 5.92 Å². The van der Waals surface area contributed by atoms with E-state index in [1.165, 1.54) is 8.61 Å². The van der Waals surface area contributed by atoms with Gasteiger partial charge in [0.15, 0.2) is 0 Å². The van der Waals surface area contributed by atoms with Crippen LogP contribution in [0.5, 0.6) is 0 Å². The second-order valence-electron chi connectivity index (χ2n) is 8.55. The number of amides is 1. The molecule has 28 heavy (non-hydrogen) atoms. The molecule has 3 rings (SSSR count). The molecule has 1 aliphatic carbocycles. The Kier molecular flexibility index (Phi) is 7.36. The lowest BCUT2D eigenvalue weighted by molar-refractivity contribution is -0.135. The first-order valence-corrected chi connectivity index (χ1v) is 12.0. The lowest BCUT2D eigenvalue weighted by Crippen LogP contribution is -2.56. The quantitative estimate of drug-likeness (QED) is 0.580. The van der Waals surface area contributed by atoms with Crippen molar-refractivity contribution in [3.63, 3.8) is 0 Å². The van der Waals surface area contributed by atoms with E-state index in [4.69, 9.17) is 4.74 Å². The molecule has 0 aromatic carbocycles. The van der Waals surface area contributed by atoms with E-state index in [0.29, 0.717) is 31.1 Å². The molecule has 0 spiro atoms. The van der Waals surface area contributed by atoms with Gasteiger partial charge in [0.1, 0.15) is 0 Å². The van der Waals surface area contributed by atoms with Crippen molar-refractivity contribution < 1.29 is 17.9 Å². The third-order valence-electron chi connectivity index (χ3n) is 6.29. The van der Waals surface area contributed by atoms with E-state index in [9.17, 15) is 13.2 Å². The maximum Gasteiger partial charge on any atom is 0.281 e. The molecule has 8 nitrogen and oxygen atoms in total. The van der Waals surface area contributed by atoms with E-state index >= 15 is 0 Å². The highest BCUT2D eigenvalue weighted by atomic mass is 32.2. The molecule has 3 fully saturated rings. The van der Waals surface area contributed by atoms with Crippen LogP contribution in [-0.2, 0) is 19.7 Å². The van der Waals surface area contributed by atoms with Crippen molar-refractivity contribution in [3.8, 4) is 0 Å². The van der Waals surface area contributed by atoms with Gasteiger partial charge in [-0.2, -0.15) is 17.0 Å². The fourth-order valence-electron chi connectivity index (χ4n) is 4.34. The molecule has 0 aromatic heterocycles. The number of carbonyl (C=O) groups excluding carboxylic acids is 1. The minimum atomic E-state index is -3.41. The lowest BCUT2D eigenvalue weighted by atomic mass is 9.98. The van der Waals surface area contributed by atoms with E-state index < -0.39 is 10.2 Å². The molecule has 0 N–H and O–H groups in total. The molecular weight excluding hydrogens is 380 g/mol. The molecular formula is C19H36N4O4S. The Labute approximate surface area is 170 Å². The summed E-state index contributed by atoms with van der Waals surface area (Å²) >= 11 is 0. The number of rotatable bonds is 8. The zero-order valence-electron chi connectivity index (χ0n) is 17.5. The summed E-state index contributed by atoms with van der Waals surface area (Å²) in [6.07, 6.45) is 6.10. The van der Waals surface area contributed by atoms with Crippen molar-refractivity contribution in [2.45, 2.75) is 50.6 Å². The number of likely N-dealkylation sites (N-methyl/N-ethyl adjacent to an activating group) is 1. The van der Waals surface area contributed by atoms with E-state index in [1.807, 2.05) is 0 Å². The first kappa shape index (κ1) is 22.0. The molecule has 0 aromatic rings. The molecule has 1 amide bonds. The maximum absolute atomic E-state index is 12.6. The Morgan fingerprint density at radius 1 is 1.00 bits per heavy atom. The Morgan fingerprint density at radius 3 is 2.29 bits per heavy atom. The van der Waals surface area contributed by atoms with Crippen molar-refractivity contribution in [3.05, 3.63) is 0 Å². The molecule has 3 aliphatic rings. The van der Waals surface area contributed by atoms with Crippen LogP contribution in [0.15, 0.2) is 0 Å². The summed E-state index contributed by atoms with van der Waals surface area (Å²) in [7, 11) is 1.35. The summed E-state index contributed by atoms with van der Waals surface area (Å²) in [5, 5.41) is 0. The van der Waals surface area contributed by atoms with E-state index in [0.717, 1.165) is 64.8 Å². The predicted octanol–water partition coefficient (Wildman–Crippen LogP) is 0.607. The Balaban J connectivity index is 1.66. The largest absolute Gasteiger partial charge is 0.381 e. The van der Waals surface area contributed by atoms with Gasteiger partial charge in [0.2, 0.25) is 5.91 Å². The van der Waals surface area contributed by atoms with Crippen LogP contribution in [0.25, 0.3) is 0 Å². The van der Waals surface area contributed by atoms with Gasteiger partial charge in [-0.25, -0.2) is 0 Å². The number of hydrogen-bond acceptors (Lipinski definition) is 5. The first-order valence-electron chi connectivity index (χ1n) is 10.6. The molecule has 0 radical (unpaired) electrons. The second kappa shape index (κ2) is 9.38. The van der Waals surface area contributed by atoms with Gasteiger partial charge in [0, 0.05) is 78.5 Å². The monoisotopic (exact) mass is 416 g/mol. The van der Waals surface area contributed by atoms with Gasteiger partial charge in [0.05, 0.1) is 0 Å². The standard InChI is InChI=1S/C19H36N4O4S/c1-20(2)28(25,26)21(3)11-12-23(17-8-13-27-14-9-17)18-5-4-10-22(15-18)19(24)16-6-7-16/h16-18H,4-15H2,1-3H3. The summed E-state index contributed by atoms with van der Waals surface area (Å²) in [5.41, 5.74) is 0. The van der Waals surface area contributed by atoms with Gasteiger partial charge in [0.25, 0.3) is 10.2 Å². The minimum absolute atomic E-state index is 0.256. The zero-order chi connectivity index (χ0) is 20.3. The summed E-state index contributed by atoms with van der Waals surface area (Å²) < 4.78 is 33.0. The van der Waals surface area contributed by atoms with Crippen molar-refractivity contribution in [2.75, 3.05) is 60.5 Å². The van der Waals surface area contributed by atoms with Crippen LogP contribution < -0.4 is 0 Å². The van der Waals surface area contributed by atoms with Crippen molar-refractivity contribution >= 4 is 16.1 Å². The van der Waals surface area contributed by atoms with Crippen LogP contribution in [0.3, 0.4) is 0 Å². The van der Waals surface area contributed by atoms with Crippen molar-refractivity contribution in [1.29, 1.82) is 0 Å². The third kappa shape index (κ3) is 5.24. The number of hydrogen-bond donors (Lipinski definition) is 0. The van der Waals surface area contributed by atoms with Crippen LogP contribution in [0.2, 0.25) is 0 Å². The van der Waals surface area contributed by atoms with Crippen LogP contribution in [-0.4, -0.2) is 105 Å². The molecule has 1 saturated carbocycles. The molecule has 0 bridgehead atoms. The van der Waals surface area contributed by atoms with Crippen LogP contribution in [0.4, 0.5) is 0 Å². The topological polar surface area (TPSA) is 73.4 Å². The SMILES string of the molecule is CN(C)S(=O)(=O)N(C)CCN(C1CCOCC1)C1CCCN(C(=O)C2CC2)C1. The average molecular weight is 417 g/mol. The molecule has 162 valence electrons. The summed E-state index contributed by atoms with van der Waals surface area (Å²) in [5.74, 6) is 0.579. The molecule has 2 heterocycles. The lowest BCUT2D eigenvalue weighted by Gasteiger charge is -2.44. The summed E-state index contributed by atoms with van der Waals surface area (Å²) in [6, 6.07) is 0.695. The van der Waals surface area contributed by atoms with Gasteiger partial charge >= 0.3 is 0 Å². The second-order valence-corrected chi connectivity index (χ2v) is 10.8. The van der Waals surface area contributed by atoms with Gasteiger partial charge in [-0.15, -0.1) is 0 Å². The highest BCUT2D eigenvalue weighted by molar-refractivity contribution is 7.86. The third-order valence-corrected chi connectivity index (χ3v) is 8.19. The predicted molar refractivity (Wildman–Crippen MR) is 108 cm³/mol. The van der Waals surface area contributed by atoms with Crippen LogP contribution in [0, 0.1) is 5.92 Å². The van der Waals surface area contributed by atoms with Gasteiger partial charge in [-0.3, -0.25) is 9.69 Å². The van der Waals surface area contributed by atoms with E-state index in [1.54, 1.807) is 21.1 Å². The van der Waals surface area contributed by atoms with Crippen LogP contribution >= 0.6 is 0 Å². The van der Waals surface area contributed by atoms with E-state index in [-0.39, 0.29) is 5.92 Å². The van der Waals surface area contributed by atoms with Gasteiger partial charge in [-0.1, -0.05) is 0 Å². The molecule has 2 aliphatic heterocycles. The summed E-state index contributed by atoms with van der Waals surface area (Å²) in [6.45, 7) is 4.28. The number of carbonyl (C=O) groups is 1. The fraction of sp³-hybridized carbons (Fsp3) is 0.947. The number of ether oxygens (including phenoxy) is 1. The number of piperidine rings is 1. The fourth-order valence-corrected chi connectivity index (χ4v) is 5.21. The average Bonchev–Trinajstić information content (AvgIpc) is 3.53. The highest BCUT2D eigenvalue weighted by Crippen LogP contribution is 2.33. The summed E-state index contributed by atoms with van der Waals surface area (Å²) in [4.78, 5) is 17.1. The molecule has 9 heteroatoms.